The first-order valence-electron chi connectivity index (χ1n) is 7.20. The third kappa shape index (κ3) is 4.27. The molecule has 1 N–H and O–H groups in total. The molecule has 0 aliphatic heterocycles. The lowest BCUT2D eigenvalue weighted by molar-refractivity contribution is 0.627. The summed E-state index contributed by atoms with van der Waals surface area (Å²) in [5, 5.41) is 0. The number of halogens is 1. The van der Waals surface area contributed by atoms with Crippen LogP contribution in [0.2, 0.25) is 0 Å². The summed E-state index contributed by atoms with van der Waals surface area (Å²) in [7, 11) is 0. The molecule has 0 spiro atoms. The van der Waals surface area contributed by atoms with Crippen LogP contribution in [0.25, 0.3) is 0 Å². The van der Waals surface area contributed by atoms with Gasteiger partial charge in [0.2, 0.25) is 0 Å². The number of nitrogens with zero attached hydrogens (tertiary/aromatic N) is 1. The van der Waals surface area contributed by atoms with E-state index in [0.29, 0.717) is 16.8 Å². The van der Waals surface area contributed by atoms with Crippen LogP contribution in [-0.2, 0) is 12.8 Å². The van der Waals surface area contributed by atoms with Gasteiger partial charge in [-0.2, -0.15) is 0 Å². The van der Waals surface area contributed by atoms with Crippen LogP contribution in [0.15, 0.2) is 27.5 Å². The number of benzene rings is 1. The Morgan fingerprint density at radius 3 is 2.38 bits per heavy atom. The van der Waals surface area contributed by atoms with Crippen LogP contribution >= 0.6 is 15.9 Å². The quantitative estimate of drug-likeness (QED) is 0.909. The maximum Gasteiger partial charge on any atom is 0.265 e. The maximum atomic E-state index is 12.0. The fourth-order valence-corrected chi connectivity index (χ4v) is 2.88. The molecule has 4 heteroatoms. The van der Waals surface area contributed by atoms with Crippen LogP contribution in [0.4, 0.5) is 0 Å². The number of rotatable bonds is 4. The Bertz CT molecular complexity index is 684. The van der Waals surface area contributed by atoms with Gasteiger partial charge in [0.1, 0.15) is 10.3 Å². The number of aryl methyl sites for hydroxylation is 2. The highest BCUT2D eigenvalue weighted by molar-refractivity contribution is 9.10. The molecule has 0 atom stereocenters. The van der Waals surface area contributed by atoms with Crippen molar-refractivity contribution >= 4 is 15.9 Å². The minimum absolute atomic E-state index is 0.0972. The Labute approximate surface area is 134 Å². The van der Waals surface area contributed by atoms with E-state index in [2.05, 4.69) is 71.8 Å². The normalized spacial score (nSPS) is 11.1. The van der Waals surface area contributed by atoms with Crippen LogP contribution in [0, 0.1) is 19.8 Å². The summed E-state index contributed by atoms with van der Waals surface area (Å²) in [5.41, 5.74) is 4.38. The van der Waals surface area contributed by atoms with Gasteiger partial charge in [0, 0.05) is 6.42 Å². The van der Waals surface area contributed by atoms with Gasteiger partial charge >= 0.3 is 0 Å². The second-order valence-corrected chi connectivity index (χ2v) is 6.84. The molecule has 0 amide bonds. The van der Waals surface area contributed by atoms with Gasteiger partial charge in [-0.25, -0.2) is 4.98 Å². The zero-order valence-corrected chi connectivity index (χ0v) is 14.5. The molecular weight excluding hydrogens is 328 g/mol. The molecule has 3 nitrogen and oxygen atoms in total. The molecule has 0 bridgehead atoms. The van der Waals surface area contributed by atoms with Gasteiger partial charge in [-0.1, -0.05) is 43.2 Å². The Kier molecular flexibility index (Phi) is 4.99. The molecule has 112 valence electrons. The Morgan fingerprint density at radius 2 is 1.81 bits per heavy atom. The molecular formula is C17H21BrN2O. The van der Waals surface area contributed by atoms with E-state index in [4.69, 9.17) is 0 Å². The first kappa shape index (κ1) is 16.0. The molecule has 2 rings (SSSR count). The third-order valence-electron chi connectivity index (χ3n) is 3.24. The molecule has 0 saturated heterocycles. The van der Waals surface area contributed by atoms with Gasteiger partial charge < -0.3 is 4.98 Å². The van der Waals surface area contributed by atoms with Crippen LogP contribution in [0.1, 0.15) is 42.1 Å². The van der Waals surface area contributed by atoms with Crippen molar-refractivity contribution in [3.05, 3.63) is 61.2 Å². The molecule has 1 aromatic heterocycles. The number of aromatic nitrogens is 2. The Morgan fingerprint density at radius 1 is 1.19 bits per heavy atom. The van der Waals surface area contributed by atoms with Crippen molar-refractivity contribution in [2.24, 2.45) is 5.92 Å². The number of hydrogen-bond acceptors (Lipinski definition) is 2. The van der Waals surface area contributed by atoms with E-state index in [9.17, 15) is 4.79 Å². The van der Waals surface area contributed by atoms with E-state index in [1.807, 2.05) is 0 Å². The standard InChI is InChI=1S/C17H21BrN2O/c1-10(2)5-14-16(18)17(21)20-15(19-14)9-13-7-11(3)6-12(4)8-13/h6-8,10H,5,9H2,1-4H3,(H,19,20,21). The molecule has 0 aliphatic carbocycles. The molecule has 0 radical (unpaired) electrons. The highest BCUT2D eigenvalue weighted by Crippen LogP contribution is 2.16. The van der Waals surface area contributed by atoms with Gasteiger partial charge in [0.25, 0.3) is 5.56 Å². The Balaban J connectivity index is 2.36. The number of H-pyrrole nitrogens is 1. The van der Waals surface area contributed by atoms with E-state index in [0.717, 1.165) is 17.9 Å². The molecule has 0 unspecified atom stereocenters. The van der Waals surface area contributed by atoms with Gasteiger partial charge in [-0.15, -0.1) is 0 Å². The van der Waals surface area contributed by atoms with Crippen LogP contribution in [0.3, 0.4) is 0 Å². The van der Waals surface area contributed by atoms with E-state index in [-0.39, 0.29) is 5.56 Å². The minimum atomic E-state index is -0.0972. The number of hydrogen-bond donors (Lipinski definition) is 1. The van der Waals surface area contributed by atoms with Crippen molar-refractivity contribution in [2.45, 2.75) is 40.5 Å². The molecule has 1 heterocycles. The van der Waals surface area contributed by atoms with Crippen molar-refractivity contribution in [1.82, 2.24) is 9.97 Å². The fourth-order valence-electron chi connectivity index (χ4n) is 2.53. The van der Waals surface area contributed by atoms with E-state index >= 15 is 0 Å². The van der Waals surface area contributed by atoms with Crippen molar-refractivity contribution in [2.75, 3.05) is 0 Å². The van der Waals surface area contributed by atoms with Crippen LogP contribution < -0.4 is 5.56 Å². The summed E-state index contributed by atoms with van der Waals surface area (Å²) < 4.78 is 0.556. The lowest BCUT2D eigenvalue weighted by Crippen LogP contribution is -2.17. The van der Waals surface area contributed by atoms with Crippen LogP contribution in [0.5, 0.6) is 0 Å². The Hall–Kier alpha value is -1.42. The van der Waals surface area contributed by atoms with Gasteiger partial charge in [-0.3, -0.25) is 4.79 Å². The highest BCUT2D eigenvalue weighted by atomic mass is 79.9. The van der Waals surface area contributed by atoms with E-state index in [1.54, 1.807) is 0 Å². The second kappa shape index (κ2) is 6.56. The molecule has 0 fully saturated rings. The lowest BCUT2D eigenvalue weighted by Gasteiger charge is -2.09. The van der Waals surface area contributed by atoms with Gasteiger partial charge in [0.15, 0.2) is 0 Å². The van der Waals surface area contributed by atoms with Crippen LogP contribution in [-0.4, -0.2) is 9.97 Å². The van der Waals surface area contributed by atoms with Crippen molar-refractivity contribution in [3.8, 4) is 0 Å². The van der Waals surface area contributed by atoms with E-state index in [1.165, 1.54) is 16.7 Å². The van der Waals surface area contributed by atoms with Crippen molar-refractivity contribution < 1.29 is 0 Å². The largest absolute Gasteiger partial charge is 0.309 e. The summed E-state index contributed by atoms with van der Waals surface area (Å²) in [6, 6.07) is 6.42. The second-order valence-electron chi connectivity index (χ2n) is 6.04. The summed E-state index contributed by atoms with van der Waals surface area (Å²) in [6.07, 6.45) is 1.44. The average Bonchev–Trinajstić information content (AvgIpc) is 2.33. The maximum absolute atomic E-state index is 12.0. The lowest BCUT2D eigenvalue weighted by atomic mass is 10.0. The molecule has 21 heavy (non-hydrogen) atoms. The predicted octanol–water partition coefficient (Wildman–Crippen LogP) is 3.94. The number of aromatic amines is 1. The summed E-state index contributed by atoms with van der Waals surface area (Å²) in [4.78, 5) is 19.5. The summed E-state index contributed by atoms with van der Waals surface area (Å²) in [5.74, 6) is 1.19. The SMILES string of the molecule is Cc1cc(C)cc(Cc2nc(CC(C)C)c(Br)c(=O)[nH]2)c1. The molecule has 2 aromatic rings. The topological polar surface area (TPSA) is 45.8 Å². The third-order valence-corrected chi connectivity index (χ3v) is 4.05. The zero-order valence-electron chi connectivity index (χ0n) is 13.0. The minimum Gasteiger partial charge on any atom is -0.309 e. The summed E-state index contributed by atoms with van der Waals surface area (Å²) >= 11 is 3.35. The first-order chi connectivity index (χ1) is 9.85. The summed E-state index contributed by atoms with van der Waals surface area (Å²) in [6.45, 7) is 8.41. The first-order valence-corrected chi connectivity index (χ1v) is 7.99. The van der Waals surface area contributed by atoms with Crippen molar-refractivity contribution in [3.63, 3.8) is 0 Å². The smallest absolute Gasteiger partial charge is 0.265 e. The average molecular weight is 349 g/mol. The van der Waals surface area contributed by atoms with Gasteiger partial charge in [0.05, 0.1) is 5.69 Å². The van der Waals surface area contributed by atoms with E-state index < -0.39 is 0 Å². The predicted molar refractivity (Wildman–Crippen MR) is 89.8 cm³/mol. The monoisotopic (exact) mass is 348 g/mol. The van der Waals surface area contributed by atoms with Gasteiger partial charge in [-0.05, 0) is 47.7 Å². The van der Waals surface area contributed by atoms with Crippen molar-refractivity contribution in [1.29, 1.82) is 0 Å². The highest BCUT2D eigenvalue weighted by Gasteiger charge is 2.11. The molecule has 0 saturated carbocycles. The number of nitrogens with one attached hydrogen (secondary N) is 1. The molecule has 0 aliphatic rings. The zero-order chi connectivity index (χ0) is 15.6. The molecule has 1 aromatic carbocycles. The fraction of sp³-hybridized carbons (Fsp3) is 0.412.